The molecule has 1 aromatic carbocycles. The molecule has 1 aliphatic rings. The molecule has 2 rings (SSSR count). The van der Waals surface area contributed by atoms with E-state index in [0.717, 1.165) is 50.9 Å². The predicted molar refractivity (Wildman–Crippen MR) is 123 cm³/mol. The van der Waals surface area contributed by atoms with Crippen LogP contribution in [0, 0.1) is 5.92 Å². The van der Waals surface area contributed by atoms with Crippen LogP contribution in [-0.4, -0.2) is 69.2 Å². The number of ether oxygens (including phenoxy) is 1. The van der Waals surface area contributed by atoms with E-state index in [9.17, 15) is 4.79 Å². The van der Waals surface area contributed by atoms with Crippen molar-refractivity contribution in [2.45, 2.75) is 46.2 Å². The van der Waals surface area contributed by atoms with Crippen LogP contribution in [0.1, 0.15) is 49.5 Å². The number of guanidine groups is 1. The van der Waals surface area contributed by atoms with E-state index in [4.69, 9.17) is 9.73 Å². The van der Waals surface area contributed by atoms with E-state index in [0.29, 0.717) is 24.1 Å². The third kappa shape index (κ3) is 7.29. The van der Waals surface area contributed by atoms with Gasteiger partial charge in [0, 0.05) is 44.8 Å². The minimum Gasteiger partial charge on any atom is -0.379 e. The second-order valence-corrected chi connectivity index (χ2v) is 7.65. The maximum Gasteiger partial charge on any atom is 0.251 e. The zero-order chi connectivity index (χ0) is 21.8. The van der Waals surface area contributed by atoms with Crippen molar-refractivity contribution in [2.24, 2.45) is 10.9 Å². The number of hydrogen-bond donors (Lipinski definition) is 3. The van der Waals surface area contributed by atoms with Crippen molar-refractivity contribution in [3.63, 3.8) is 0 Å². The van der Waals surface area contributed by atoms with Gasteiger partial charge >= 0.3 is 0 Å². The zero-order valence-electron chi connectivity index (χ0n) is 19.0. The second-order valence-electron chi connectivity index (χ2n) is 7.65. The van der Waals surface area contributed by atoms with Gasteiger partial charge in [-0.25, -0.2) is 4.99 Å². The molecule has 0 radical (unpaired) electrons. The van der Waals surface area contributed by atoms with Crippen molar-refractivity contribution in [3.05, 3.63) is 35.4 Å². The summed E-state index contributed by atoms with van der Waals surface area (Å²) in [5, 5.41) is 9.58. The Hall–Kier alpha value is -2.12. The molecule has 1 amide bonds. The van der Waals surface area contributed by atoms with Crippen LogP contribution in [0.5, 0.6) is 0 Å². The summed E-state index contributed by atoms with van der Waals surface area (Å²) in [5.74, 6) is 1.37. The Bertz CT molecular complexity index is 669. The summed E-state index contributed by atoms with van der Waals surface area (Å²) in [7, 11) is 1.64. The molecule has 1 atom stereocenters. The maximum absolute atomic E-state index is 11.9. The quantitative estimate of drug-likeness (QED) is 0.402. The molecule has 0 bridgehead atoms. The van der Waals surface area contributed by atoms with Gasteiger partial charge < -0.3 is 20.7 Å². The molecule has 1 fully saturated rings. The molecular weight excluding hydrogens is 378 g/mol. The maximum atomic E-state index is 11.9. The first-order valence-corrected chi connectivity index (χ1v) is 11.3. The van der Waals surface area contributed by atoms with Gasteiger partial charge in [0.15, 0.2) is 5.96 Å². The second kappa shape index (κ2) is 13.2. The molecule has 30 heavy (non-hydrogen) atoms. The molecule has 7 nitrogen and oxygen atoms in total. The molecular formula is C23H39N5O2. The third-order valence-electron chi connectivity index (χ3n) is 5.77. The van der Waals surface area contributed by atoms with Gasteiger partial charge in [0.25, 0.3) is 5.91 Å². The standard InChI is InChI=1S/C23H39N5O2/c1-5-19(6-2)21(28-11-13-30-14-12-28)17-27-23(25-7-3)26-16-18-9-8-10-20(15-18)22(29)24-4/h8-10,15,19,21H,5-7,11-14,16-17H2,1-4H3,(H,24,29)(H2,25,26,27). The number of nitrogens with zero attached hydrogens (tertiary/aromatic N) is 2. The topological polar surface area (TPSA) is 78.0 Å². The Morgan fingerprint density at radius 2 is 1.90 bits per heavy atom. The molecule has 1 aliphatic heterocycles. The van der Waals surface area contributed by atoms with Crippen LogP contribution >= 0.6 is 0 Å². The van der Waals surface area contributed by atoms with Gasteiger partial charge in [0.05, 0.1) is 19.8 Å². The Balaban J connectivity index is 2.05. The molecule has 3 N–H and O–H groups in total. The molecule has 0 aromatic heterocycles. The SMILES string of the molecule is CCNC(=NCc1cccc(C(=O)NC)c1)NCC(C(CC)CC)N1CCOCC1. The van der Waals surface area contributed by atoms with E-state index in [2.05, 4.69) is 41.6 Å². The smallest absolute Gasteiger partial charge is 0.251 e. The lowest BCUT2D eigenvalue weighted by molar-refractivity contribution is 0.00272. The third-order valence-corrected chi connectivity index (χ3v) is 5.77. The van der Waals surface area contributed by atoms with E-state index >= 15 is 0 Å². The van der Waals surface area contributed by atoms with Crippen molar-refractivity contribution >= 4 is 11.9 Å². The largest absolute Gasteiger partial charge is 0.379 e. The molecule has 0 saturated carbocycles. The van der Waals surface area contributed by atoms with Crippen molar-refractivity contribution in [1.82, 2.24) is 20.9 Å². The van der Waals surface area contributed by atoms with E-state index < -0.39 is 0 Å². The van der Waals surface area contributed by atoms with Crippen LogP contribution in [0.3, 0.4) is 0 Å². The molecule has 1 heterocycles. The molecule has 1 saturated heterocycles. The van der Waals surface area contributed by atoms with Crippen LogP contribution in [0.25, 0.3) is 0 Å². The van der Waals surface area contributed by atoms with E-state index in [-0.39, 0.29) is 5.91 Å². The zero-order valence-corrected chi connectivity index (χ0v) is 19.0. The molecule has 1 aromatic rings. The highest BCUT2D eigenvalue weighted by Gasteiger charge is 2.27. The number of amides is 1. The fraction of sp³-hybridized carbons (Fsp3) is 0.652. The fourth-order valence-electron chi connectivity index (χ4n) is 4.00. The molecule has 168 valence electrons. The van der Waals surface area contributed by atoms with Crippen LogP contribution in [-0.2, 0) is 11.3 Å². The fourth-order valence-corrected chi connectivity index (χ4v) is 4.00. The van der Waals surface area contributed by atoms with Gasteiger partial charge in [-0.05, 0) is 30.5 Å². The normalized spacial score (nSPS) is 16.4. The number of carbonyl (C=O) groups is 1. The van der Waals surface area contributed by atoms with Crippen LogP contribution < -0.4 is 16.0 Å². The minimum absolute atomic E-state index is 0.0793. The van der Waals surface area contributed by atoms with Crippen LogP contribution in [0.4, 0.5) is 0 Å². The highest BCUT2D eigenvalue weighted by Crippen LogP contribution is 2.19. The van der Waals surface area contributed by atoms with E-state index in [1.54, 1.807) is 7.05 Å². The number of hydrogen-bond acceptors (Lipinski definition) is 4. The number of nitrogens with one attached hydrogen (secondary N) is 3. The number of rotatable bonds is 10. The predicted octanol–water partition coefficient (Wildman–Crippen LogP) is 2.24. The lowest BCUT2D eigenvalue weighted by Gasteiger charge is -2.39. The van der Waals surface area contributed by atoms with Crippen LogP contribution in [0.2, 0.25) is 0 Å². The van der Waals surface area contributed by atoms with Crippen molar-refractivity contribution in [2.75, 3.05) is 46.4 Å². The van der Waals surface area contributed by atoms with Crippen LogP contribution in [0.15, 0.2) is 29.3 Å². The summed E-state index contributed by atoms with van der Waals surface area (Å²) in [5.41, 5.74) is 1.67. The molecule has 1 unspecified atom stereocenters. The first-order valence-electron chi connectivity index (χ1n) is 11.3. The average molecular weight is 418 g/mol. The monoisotopic (exact) mass is 417 g/mol. The first-order chi connectivity index (χ1) is 14.6. The van der Waals surface area contributed by atoms with Gasteiger partial charge in [-0.15, -0.1) is 0 Å². The van der Waals surface area contributed by atoms with E-state index in [1.165, 1.54) is 12.8 Å². The number of benzene rings is 1. The summed E-state index contributed by atoms with van der Waals surface area (Å²) in [6.07, 6.45) is 2.33. The Labute approximate surface area is 181 Å². The summed E-state index contributed by atoms with van der Waals surface area (Å²) in [4.78, 5) is 19.2. The number of carbonyl (C=O) groups excluding carboxylic acids is 1. The molecule has 0 spiro atoms. The van der Waals surface area contributed by atoms with Gasteiger partial charge in [0.1, 0.15) is 0 Å². The van der Waals surface area contributed by atoms with Gasteiger partial charge in [0.2, 0.25) is 0 Å². The Morgan fingerprint density at radius 1 is 1.17 bits per heavy atom. The van der Waals surface area contributed by atoms with E-state index in [1.807, 2.05) is 24.3 Å². The van der Waals surface area contributed by atoms with Crippen molar-refractivity contribution < 1.29 is 9.53 Å². The summed E-state index contributed by atoms with van der Waals surface area (Å²) < 4.78 is 5.56. The van der Waals surface area contributed by atoms with Crippen molar-refractivity contribution in [1.29, 1.82) is 0 Å². The lowest BCUT2D eigenvalue weighted by atomic mass is 9.92. The Kier molecular flexibility index (Phi) is 10.7. The summed E-state index contributed by atoms with van der Waals surface area (Å²) in [6.45, 7) is 12.4. The summed E-state index contributed by atoms with van der Waals surface area (Å²) >= 11 is 0. The van der Waals surface area contributed by atoms with Gasteiger partial charge in [-0.1, -0.05) is 38.8 Å². The minimum atomic E-state index is -0.0793. The molecule has 0 aliphatic carbocycles. The highest BCUT2D eigenvalue weighted by atomic mass is 16.5. The van der Waals surface area contributed by atoms with Gasteiger partial charge in [-0.3, -0.25) is 9.69 Å². The summed E-state index contributed by atoms with van der Waals surface area (Å²) in [6, 6.07) is 8.08. The number of morpholine rings is 1. The lowest BCUT2D eigenvalue weighted by Crippen LogP contribution is -2.53. The molecule has 7 heteroatoms. The highest BCUT2D eigenvalue weighted by molar-refractivity contribution is 5.94. The number of aliphatic imine (C=N–C) groups is 1. The van der Waals surface area contributed by atoms with Crippen molar-refractivity contribution in [3.8, 4) is 0 Å². The first kappa shape index (κ1) is 24.2. The Morgan fingerprint density at radius 3 is 2.53 bits per heavy atom. The van der Waals surface area contributed by atoms with Gasteiger partial charge in [-0.2, -0.15) is 0 Å². The average Bonchev–Trinajstić information content (AvgIpc) is 2.80.